The Labute approximate surface area is 145 Å². The van der Waals surface area contributed by atoms with E-state index < -0.39 is 0 Å². The summed E-state index contributed by atoms with van der Waals surface area (Å²) >= 11 is 0. The van der Waals surface area contributed by atoms with Crippen molar-refractivity contribution >= 4 is 5.91 Å². The maximum atomic E-state index is 12.2. The summed E-state index contributed by atoms with van der Waals surface area (Å²) in [6.45, 7) is 1.83. The Morgan fingerprint density at radius 3 is 2.80 bits per heavy atom. The molecule has 6 heteroatoms. The number of nitrogens with one attached hydrogen (secondary N) is 1. The molecule has 0 aliphatic heterocycles. The monoisotopic (exact) mass is 334 g/mol. The van der Waals surface area contributed by atoms with Crippen LogP contribution in [0.1, 0.15) is 53.6 Å². The van der Waals surface area contributed by atoms with Crippen LogP contribution in [0, 0.1) is 0 Å². The average Bonchev–Trinajstić information content (AvgIpc) is 3.39. The molecule has 4 rings (SSSR count). The van der Waals surface area contributed by atoms with Crippen LogP contribution in [-0.2, 0) is 0 Å². The van der Waals surface area contributed by atoms with Crippen molar-refractivity contribution in [1.82, 2.24) is 20.4 Å². The van der Waals surface area contributed by atoms with Gasteiger partial charge in [-0.15, -0.1) is 0 Å². The highest BCUT2D eigenvalue weighted by molar-refractivity contribution is 5.94. The summed E-state index contributed by atoms with van der Waals surface area (Å²) in [5.74, 6) is 1.29. The Bertz CT molecular complexity index is 887. The minimum Gasteiger partial charge on any atom is -0.342 e. The molecule has 1 aliphatic carbocycles. The van der Waals surface area contributed by atoms with Crippen molar-refractivity contribution in [3.63, 3.8) is 0 Å². The molecule has 25 heavy (non-hydrogen) atoms. The Morgan fingerprint density at radius 1 is 1.24 bits per heavy atom. The Hall–Kier alpha value is -3.02. The van der Waals surface area contributed by atoms with E-state index >= 15 is 0 Å². The summed E-state index contributed by atoms with van der Waals surface area (Å²) in [5, 5.41) is 6.89. The first-order valence-electron chi connectivity index (χ1n) is 8.36. The molecule has 6 nitrogen and oxygen atoms in total. The lowest BCUT2D eigenvalue weighted by Gasteiger charge is -2.09. The normalized spacial score (nSPS) is 14.9. The molecule has 1 saturated carbocycles. The summed E-state index contributed by atoms with van der Waals surface area (Å²) in [5.41, 5.74) is 2.53. The standard InChI is InChI=1S/C19H18N4O2/c1-12(21-18(24)14-5-3-2-4-6-14)17-22-19(25-23-17)15-9-10-20-16(11-15)13-7-8-13/h2-6,9-13H,7-8H2,1H3,(H,21,24). The van der Waals surface area contributed by atoms with Crippen molar-refractivity contribution in [3.05, 3.63) is 65.7 Å². The van der Waals surface area contributed by atoms with Crippen LogP contribution in [0.15, 0.2) is 53.2 Å². The summed E-state index contributed by atoms with van der Waals surface area (Å²) in [7, 11) is 0. The van der Waals surface area contributed by atoms with Gasteiger partial charge in [-0.05, 0) is 44.0 Å². The molecule has 2 heterocycles. The van der Waals surface area contributed by atoms with E-state index in [2.05, 4.69) is 20.4 Å². The molecule has 0 saturated heterocycles. The lowest BCUT2D eigenvalue weighted by Crippen LogP contribution is -2.27. The van der Waals surface area contributed by atoms with Gasteiger partial charge in [0.1, 0.15) is 0 Å². The van der Waals surface area contributed by atoms with Gasteiger partial charge in [0, 0.05) is 28.9 Å². The van der Waals surface area contributed by atoms with Gasteiger partial charge in [-0.3, -0.25) is 9.78 Å². The summed E-state index contributed by atoms with van der Waals surface area (Å²) in [4.78, 5) is 21.0. The van der Waals surface area contributed by atoms with Crippen LogP contribution in [0.4, 0.5) is 0 Å². The van der Waals surface area contributed by atoms with Gasteiger partial charge >= 0.3 is 0 Å². The van der Waals surface area contributed by atoms with Crippen LogP contribution in [-0.4, -0.2) is 21.0 Å². The number of carbonyl (C=O) groups is 1. The molecule has 1 aromatic carbocycles. The number of aromatic nitrogens is 3. The molecule has 126 valence electrons. The minimum absolute atomic E-state index is 0.167. The predicted octanol–water partition coefficient (Wildman–Crippen LogP) is 3.50. The van der Waals surface area contributed by atoms with Gasteiger partial charge < -0.3 is 9.84 Å². The molecule has 0 bridgehead atoms. The van der Waals surface area contributed by atoms with E-state index in [1.54, 1.807) is 18.3 Å². The van der Waals surface area contributed by atoms with Crippen LogP contribution in [0.2, 0.25) is 0 Å². The Balaban J connectivity index is 1.49. The van der Waals surface area contributed by atoms with E-state index in [0.29, 0.717) is 23.2 Å². The second-order valence-corrected chi connectivity index (χ2v) is 6.26. The zero-order valence-corrected chi connectivity index (χ0v) is 13.8. The summed E-state index contributed by atoms with van der Waals surface area (Å²) < 4.78 is 5.37. The SMILES string of the molecule is CC(NC(=O)c1ccccc1)c1noc(-c2ccnc(C3CC3)c2)n1. The highest BCUT2D eigenvalue weighted by Crippen LogP contribution is 2.39. The minimum atomic E-state index is -0.352. The fraction of sp³-hybridized carbons (Fsp3) is 0.263. The van der Waals surface area contributed by atoms with Crippen LogP contribution >= 0.6 is 0 Å². The van der Waals surface area contributed by atoms with E-state index in [1.165, 1.54) is 12.8 Å². The number of hydrogen-bond donors (Lipinski definition) is 1. The lowest BCUT2D eigenvalue weighted by atomic mass is 10.2. The van der Waals surface area contributed by atoms with E-state index in [9.17, 15) is 4.79 Å². The first-order chi connectivity index (χ1) is 12.2. The number of pyridine rings is 1. The lowest BCUT2D eigenvalue weighted by molar-refractivity contribution is 0.0938. The predicted molar refractivity (Wildman–Crippen MR) is 91.8 cm³/mol. The number of nitrogens with zero attached hydrogens (tertiary/aromatic N) is 3. The van der Waals surface area contributed by atoms with Crippen LogP contribution in [0.25, 0.3) is 11.5 Å². The highest BCUT2D eigenvalue weighted by Gasteiger charge is 2.25. The zero-order valence-electron chi connectivity index (χ0n) is 13.8. The first kappa shape index (κ1) is 15.5. The second-order valence-electron chi connectivity index (χ2n) is 6.26. The third-order valence-electron chi connectivity index (χ3n) is 4.24. The third-order valence-corrected chi connectivity index (χ3v) is 4.24. The van der Waals surface area contributed by atoms with Crippen molar-refractivity contribution < 1.29 is 9.32 Å². The van der Waals surface area contributed by atoms with E-state index in [-0.39, 0.29) is 11.9 Å². The van der Waals surface area contributed by atoms with Gasteiger partial charge in [0.05, 0.1) is 6.04 Å². The topological polar surface area (TPSA) is 80.9 Å². The second kappa shape index (κ2) is 6.47. The molecule has 1 unspecified atom stereocenters. The van der Waals surface area contributed by atoms with Crippen molar-refractivity contribution in [2.45, 2.75) is 31.7 Å². The van der Waals surface area contributed by atoms with Crippen LogP contribution < -0.4 is 5.32 Å². The smallest absolute Gasteiger partial charge is 0.258 e. The quantitative estimate of drug-likeness (QED) is 0.772. The van der Waals surface area contributed by atoms with Crippen LogP contribution in [0.3, 0.4) is 0 Å². The highest BCUT2D eigenvalue weighted by atomic mass is 16.5. The third kappa shape index (κ3) is 3.42. The summed E-state index contributed by atoms with van der Waals surface area (Å²) in [6, 6.07) is 12.6. The molecule has 2 aromatic heterocycles. The Kier molecular flexibility index (Phi) is 4.01. The van der Waals surface area contributed by atoms with Crippen molar-refractivity contribution in [2.75, 3.05) is 0 Å². The zero-order chi connectivity index (χ0) is 17.2. The first-order valence-corrected chi connectivity index (χ1v) is 8.36. The molecule has 1 aliphatic rings. The van der Waals surface area contributed by atoms with Crippen molar-refractivity contribution in [3.8, 4) is 11.5 Å². The van der Waals surface area contributed by atoms with E-state index in [1.807, 2.05) is 37.3 Å². The largest absolute Gasteiger partial charge is 0.342 e. The molecule has 1 amide bonds. The number of benzene rings is 1. The van der Waals surface area contributed by atoms with Gasteiger partial charge in [0.25, 0.3) is 11.8 Å². The van der Waals surface area contributed by atoms with Crippen LogP contribution in [0.5, 0.6) is 0 Å². The molecular weight excluding hydrogens is 316 g/mol. The molecular formula is C19H18N4O2. The molecule has 1 N–H and O–H groups in total. The molecule has 0 spiro atoms. The average molecular weight is 334 g/mol. The number of hydrogen-bond acceptors (Lipinski definition) is 5. The summed E-state index contributed by atoms with van der Waals surface area (Å²) in [6.07, 6.45) is 4.15. The fourth-order valence-corrected chi connectivity index (χ4v) is 2.65. The van der Waals surface area contributed by atoms with Gasteiger partial charge in [-0.2, -0.15) is 4.98 Å². The number of amides is 1. The number of carbonyl (C=O) groups excluding carboxylic acids is 1. The van der Waals surface area contributed by atoms with Gasteiger partial charge in [-0.1, -0.05) is 23.4 Å². The van der Waals surface area contributed by atoms with E-state index in [4.69, 9.17) is 4.52 Å². The Morgan fingerprint density at radius 2 is 2.04 bits per heavy atom. The van der Waals surface area contributed by atoms with Crippen molar-refractivity contribution in [1.29, 1.82) is 0 Å². The van der Waals surface area contributed by atoms with Gasteiger partial charge in [0.15, 0.2) is 5.82 Å². The maximum Gasteiger partial charge on any atom is 0.258 e. The molecule has 3 aromatic rings. The molecule has 1 atom stereocenters. The number of rotatable bonds is 5. The molecule has 0 radical (unpaired) electrons. The maximum absolute atomic E-state index is 12.2. The fourth-order valence-electron chi connectivity index (χ4n) is 2.65. The van der Waals surface area contributed by atoms with Crippen molar-refractivity contribution in [2.24, 2.45) is 0 Å². The molecule has 1 fully saturated rings. The van der Waals surface area contributed by atoms with Gasteiger partial charge in [-0.25, -0.2) is 0 Å². The van der Waals surface area contributed by atoms with E-state index in [0.717, 1.165) is 11.3 Å². The van der Waals surface area contributed by atoms with Gasteiger partial charge in [0.2, 0.25) is 0 Å².